The zero-order valence-corrected chi connectivity index (χ0v) is 10.2. The molecule has 2 aromatic rings. The van der Waals surface area contributed by atoms with Crippen molar-refractivity contribution in [1.82, 2.24) is 0 Å². The normalized spacial score (nSPS) is 11.4. The minimum Gasteiger partial charge on any atom is -0.294 e. The Morgan fingerprint density at radius 2 is 1.45 bits per heavy atom. The van der Waals surface area contributed by atoms with Gasteiger partial charge >= 0.3 is 6.18 Å². The molecular weight excluding hydrogens is 272 g/mol. The number of alkyl halides is 3. The summed E-state index contributed by atoms with van der Waals surface area (Å²) in [6.45, 7) is 0. The van der Waals surface area contributed by atoms with Crippen molar-refractivity contribution in [2.24, 2.45) is 0 Å². The van der Waals surface area contributed by atoms with Crippen molar-refractivity contribution >= 4 is 5.78 Å². The van der Waals surface area contributed by atoms with Crippen molar-refractivity contribution in [2.75, 3.05) is 0 Å². The summed E-state index contributed by atoms with van der Waals surface area (Å²) in [5.74, 6) is -0.721. The Morgan fingerprint density at radius 3 is 1.95 bits per heavy atom. The number of carbonyl (C=O) groups is 1. The van der Waals surface area contributed by atoms with Gasteiger partial charge in [0.25, 0.3) is 0 Å². The lowest BCUT2D eigenvalue weighted by Crippen LogP contribution is -2.07. The molecule has 0 aliphatic heterocycles. The van der Waals surface area contributed by atoms with Crippen LogP contribution < -0.4 is 0 Å². The van der Waals surface area contributed by atoms with Gasteiger partial charge in [-0.1, -0.05) is 24.3 Å². The van der Waals surface area contributed by atoms with Gasteiger partial charge in [0.05, 0.1) is 5.56 Å². The van der Waals surface area contributed by atoms with Gasteiger partial charge in [0.15, 0.2) is 5.78 Å². The van der Waals surface area contributed by atoms with Gasteiger partial charge < -0.3 is 0 Å². The molecule has 0 radical (unpaired) electrons. The molecule has 0 heterocycles. The van der Waals surface area contributed by atoms with Crippen LogP contribution in [0.5, 0.6) is 0 Å². The summed E-state index contributed by atoms with van der Waals surface area (Å²) in [6.07, 6.45) is -4.40. The SMILES string of the molecule is O=C(Cc1ccc(F)cc1)c1ccc(C(F)(F)F)cc1. The van der Waals surface area contributed by atoms with E-state index in [0.717, 1.165) is 24.3 Å². The van der Waals surface area contributed by atoms with E-state index in [2.05, 4.69) is 0 Å². The van der Waals surface area contributed by atoms with Gasteiger partial charge in [0.2, 0.25) is 0 Å². The molecule has 0 aromatic heterocycles. The average Bonchev–Trinajstić information content (AvgIpc) is 2.40. The standard InChI is InChI=1S/C15H10F4O/c16-13-7-1-10(2-8-13)9-14(20)11-3-5-12(6-4-11)15(17,18)19/h1-8H,9H2. The second-order valence-electron chi connectivity index (χ2n) is 4.30. The number of benzene rings is 2. The van der Waals surface area contributed by atoms with E-state index in [1.165, 1.54) is 24.3 Å². The molecule has 1 nitrogen and oxygen atoms in total. The topological polar surface area (TPSA) is 17.1 Å². The lowest BCUT2D eigenvalue weighted by atomic mass is 10.0. The van der Waals surface area contributed by atoms with E-state index in [0.29, 0.717) is 5.56 Å². The lowest BCUT2D eigenvalue weighted by Gasteiger charge is -2.07. The van der Waals surface area contributed by atoms with Crippen LogP contribution in [0, 0.1) is 5.82 Å². The van der Waals surface area contributed by atoms with Gasteiger partial charge in [-0.3, -0.25) is 4.79 Å². The molecule has 0 aliphatic rings. The first-order valence-electron chi connectivity index (χ1n) is 5.81. The highest BCUT2D eigenvalue weighted by Gasteiger charge is 2.30. The summed E-state index contributed by atoms with van der Waals surface area (Å²) in [6, 6.07) is 9.44. The van der Waals surface area contributed by atoms with Crippen LogP contribution in [0.2, 0.25) is 0 Å². The van der Waals surface area contributed by atoms with Crippen LogP contribution in [-0.4, -0.2) is 5.78 Å². The maximum atomic E-state index is 12.7. The molecular formula is C15H10F4O. The van der Waals surface area contributed by atoms with Gasteiger partial charge in [-0.25, -0.2) is 4.39 Å². The number of Topliss-reactive ketones (excluding diaryl/α,β-unsaturated/α-hetero) is 1. The fraction of sp³-hybridized carbons (Fsp3) is 0.133. The summed E-state index contributed by atoms with van der Waals surface area (Å²) in [5, 5.41) is 0. The Hall–Kier alpha value is -2.17. The first-order chi connectivity index (χ1) is 9.36. The van der Waals surface area contributed by atoms with Crippen LogP contribution in [0.3, 0.4) is 0 Å². The van der Waals surface area contributed by atoms with E-state index in [1.54, 1.807) is 0 Å². The molecule has 20 heavy (non-hydrogen) atoms. The van der Waals surface area contributed by atoms with Gasteiger partial charge in [0, 0.05) is 12.0 Å². The number of ketones is 1. The van der Waals surface area contributed by atoms with Gasteiger partial charge in [-0.15, -0.1) is 0 Å². The van der Waals surface area contributed by atoms with Crippen molar-refractivity contribution in [2.45, 2.75) is 12.6 Å². The van der Waals surface area contributed by atoms with Crippen LogP contribution >= 0.6 is 0 Å². The number of rotatable bonds is 3. The van der Waals surface area contributed by atoms with Crippen LogP contribution in [0.1, 0.15) is 21.5 Å². The monoisotopic (exact) mass is 282 g/mol. The maximum absolute atomic E-state index is 12.7. The summed E-state index contributed by atoms with van der Waals surface area (Å²) < 4.78 is 49.9. The fourth-order valence-corrected chi connectivity index (χ4v) is 1.73. The highest BCUT2D eigenvalue weighted by molar-refractivity contribution is 5.97. The minimum absolute atomic E-state index is 0.0195. The quantitative estimate of drug-likeness (QED) is 0.607. The molecule has 104 valence electrons. The van der Waals surface area contributed by atoms with E-state index < -0.39 is 17.6 Å². The van der Waals surface area contributed by atoms with E-state index in [1.807, 2.05) is 0 Å². The molecule has 0 saturated carbocycles. The Morgan fingerprint density at radius 1 is 0.900 bits per heavy atom. The zero-order chi connectivity index (χ0) is 14.8. The van der Waals surface area contributed by atoms with E-state index in [9.17, 15) is 22.4 Å². The number of hydrogen-bond donors (Lipinski definition) is 0. The third-order valence-corrected chi connectivity index (χ3v) is 2.81. The molecule has 0 bridgehead atoms. The van der Waals surface area contributed by atoms with E-state index >= 15 is 0 Å². The summed E-state index contributed by atoms with van der Waals surface area (Å²) in [5.41, 5.74) is 0.00875. The Balaban J connectivity index is 2.11. The van der Waals surface area contributed by atoms with Crippen LogP contribution in [0.4, 0.5) is 17.6 Å². The smallest absolute Gasteiger partial charge is 0.294 e. The van der Waals surface area contributed by atoms with Crippen molar-refractivity contribution in [1.29, 1.82) is 0 Å². The van der Waals surface area contributed by atoms with Crippen molar-refractivity contribution in [3.05, 3.63) is 71.0 Å². The van der Waals surface area contributed by atoms with Crippen LogP contribution in [-0.2, 0) is 12.6 Å². The van der Waals surface area contributed by atoms with Crippen molar-refractivity contribution < 1.29 is 22.4 Å². The zero-order valence-electron chi connectivity index (χ0n) is 10.2. The summed E-state index contributed by atoms with van der Waals surface area (Å²) in [4.78, 5) is 11.9. The molecule has 2 aromatic carbocycles. The molecule has 0 aliphatic carbocycles. The molecule has 5 heteroatoms. The molecule has 0 atom stereocenters. The fourth-order valence-electron chi connectivity index (χ4n) is 1.73. The molecule has 0 saturated heterocycles. The van der Waals surface area contributed by atoms with E-state index in [-0.39, 0.29) is 17.8 Å². The second kappa shape index (κ2) is 5.45. The Labute approximate surface area is 112 Å². The maximum Gasteiger partial charge on any atom is 0.416 e. The van der Waals surface area contributed by atoms with Gasteiger partial charge in [0.1, 0.15) is 5.82 Å². The summed E-state index contributed by atoms with van der Waals surface area (Å²) >= 11 is 0. The van der Waals surface area contributed by atoms with Gasteiger partial charge in [-0.2, -0.15) is 13.2 Å². The molecule has 2 rings (SSSR count). The van der Waals surface area contributed by atoms with E-state index in [4.69, 9.17) is 0 Å². The van der Waals surface area contributed by atoms with Gasteiger partial charge in [-0.05, 0) is 29.8 Å². The number of halogens is 4. The predicted molar refractivity (Wildman–Crippen MR) is 65.9 cm³/mol. The molecule has 0 amide bonds. The number of hydrogen-bond acceptors (Lipinski definition) is 1. The Kier molecular flexibility index (Phi) is 3.88. The van der Waals surface area contributed by atoms with Crippen LogP contribution in [0.25, 0.3) is 0 Å². The molecule has 0 unspecified atom stereocenters. The molecule has 0 fully saturated rings. The number of carbonyl (C=O) groups excluding carboxylic acids is 1. The third kappa shape index (κ3) is 3.44. The Bertz CT molecular complexity index is 597. The predicted octanol–water partition coefficient (Wildman–Crippen LogP) is 4.27. The second-order valence-corrected chi connectivity index (χ2v) is 4.30. The third-order valence-electron chi connectivity index (χ3n) is 2.81. The first-order valence-corrected chi connectivity index (χ1v) is 5.81. The minimum atomic E-state index is -4.42. The average molecular weight is 282 g/mol. The van der Waals surface area contributed by atoms with Crippen molar-refractivity contribution in [3.63, 3.8) is 0 Å². The largest absolute Gasteiger partial charge is 0.416 e. The van der Waals surface area contributed by atoms with Crippen LogP contribution in [0.15, 0.2) is 48.5 Å². The first kappa shape index (κ1) is 14.2. The molecule has 0 spiro atoms. The highest BCUT2D eigenvalue weighted by atomic mass is 19.4. The molecule has 0 N–H and O–H groups in total. The highest BCUT2D eigenvalue weighted by Crippen LogP contribution is 2.29. The lowest BCUT2D eigenvalue weighted by molar-refractivity contribution is -0.137. The summed E-state index contributed by atoms with van der Waals surface area (Å²) in [7, 11) is 0. The van der Waals surface area contributed by atoms with Crippen molar-refractivity contribution in [3.8, 4) is 0 Å².